The Balaban J connectivity index is 1.79. The molecule has 4 rings (SSSR count). The number of amides is 1. The molecule has 3 aliphatic rings. The third-order valence-electron chi connectivity index (χ3n) is 3.65. The number of nitrogens with one attached hydrogen (secondary N) is 2. The molecule has 1 amide bonds. The third-order valence-corrected chi connectivity index (χ3v) is 3.65. The van der Waals surface area contributed by atoms with Crippen molar-refractivity contribution in [1.82, 2.24) is 5.43 Å². The lowest BCUT2D eigenvalue weighted by Gasteiger charge is -2.17. The lowest BCUT2D eigenvalue weighted by molar-refractivity contribution is -0.116. The van der Waals surface area contributed by atoms with Crippen LogP contribution in [-0.4, -0.2) is 11.6 Å². The van der Waals surface area contributed by atoms with Crippen molar-refractivity contribution in [2.45, 2.75) is 12.8 Å². The van der Waals surface area contributed by atoms with Crippen molar-refractivity contribution in [3.63, 3.8) is 0 Å². The van der Waals surface area contributed by atoms with E-state index in [4.69, 9.17) is 0 Å². The standard InChI is InChI=1S/C15H13N3O/c19-15-13(14(17-18-15)10-5-6-10)12-8-7-9-3-1-2-4-11(9)16-12/h1-4,7-8,10,16H,5-6H2,(H,18,19)/b13-12-. The van der Waals surface area contributed by atoms with Crippen molar-refractivity contribution < 1.29 is 4.79 Å². The number of anilines is 1. The molecule has 0 saturated heterocycles. The van der Waals surface area contributed by atoms with Gasteiger partial charge in [0.2, 0.25) is 0 Å². The summed E-state index contributed by atoms with van der Waals surface area (Å²) in [6.07, 6.45) is 6.25. The molecule has 94 valence electrons. The summed E-state index contributed by atoms with van der Waals surface area (Å²) >= 11 is 0. The molecule has 1 aliphatic carbocycles. The number of para-hydroxylation sites is 1. The number of allylic oxidation sites excluding steroid dienone is 1. The van der Waals surface area contributed by atoms with Crippen LogP contribution >= 0.6 is 0 Å². The fraction of sp³-hybridized carbons (Fsp3) is 0.200. The number of benzene rings is 1. The highest BCUT2D eigenvalue weighted by Crippen LogP contribution is 2.36. The quantitative estimate of drug-likeness (QED) is 0.752. The van der Waals surface area contributed by atoms with E-state index in [2.05, 4.69) is 15.8 Å². The Morgan fingerprint density at radius 3 is 2.84 bits per heavy atom. The minimum absolute atomic E-state index is 0.103. The molecule has 2 heterocycles. The second-order valence-electron chi connectivity index (χ2n) is 5.05. The summed E-state index contributed by atoms with van der Waals surface area (Å²) < 4.78 is 0. The zero-order valence-corrected chi connectivity index (χ0v) is 10.3. The van der Waals surface area contributed by atoms with Gasteiger partial charge in [0, 0.05) is 11.6 Å². The van der Waals surface area contributed by atoms with Crippen LogP contribution < -0.4 is 10.7 Å². The molecule has 0 bridgehead atoms. The van der Waals surface area contributed by atoms with Crippen LogP contribution in [0, 0.1) is 5.92 Å². The van der Waals surface area contributed by atoms with Crippen LogP contribution in [0.1, 0.15) is 18.4 Å². The van der Waals surface area contributed by atoms with E-state index >= 15 is 0 Å². The first-order valence-electron chi connectivity index (χ1n) is 6.49. The van der Waals surface area contributed by atoms with Crippen molar-refractivity contribution in [2.24, 2.45) is 11.0 Å². The highest BCUT2D eigenvalue weighted by atomic mass is 16.2. The minimum atomic E-state index is -0.103. The van der Waals surface area contributed by atoms with E-state index in [-0.39, 0.29) is 5.91 Å². The zero-order chi connectivity index (χ0) is 12.8. The van der Waals surface area contributed by atoms with Gasteiger partial charge in [0.15, 0.2) is 0 Å². The average molecular weight is 251 g/mol. The fourth-order valence-corrected chi connectivity index (χ4v) is 2.51. The Kier molecular flexibility index (Phi) is 2.12. The van der Waals surface area contributed by atoms with Gasteiger partial charge in [-0.15, -0.1) is 0 Å². The molecule has 0 aromatic heterocycles. The number of hydrogen-bond donors (Lipinski definition) is 2. The Labute approximate surface area is 110 Å². The average Bonchev–Trinajstić information content (AvgIpc) is 3.21. The summed E-state index contributed by atoms with van der Waals surface area (Å²) in [5.41, 5.74) is 7.21. The number of nitrogens with zero attached hydrogens (tertiary/aromatic N) is 1. The maximum atomic E-state index is 12.0. The molecular weight excluding hydrogens is 238 g/mol. The second-order valence-corrected chi connectivity index (χ2v) is 5.05. The van der Waals surface area contributed by atoms with E-state index in [1.807, 2.05) is 36.4 Å². The largest absolute Gasteiger partial charge is 0.354 e. The summed E-state index contributed by atoms with van der Waals surface area (Å²) in [5, 5.41) is 7.51. The molecular formula is C15H13N3O. The molecule has 0 unspecified atom stereocenters. The van der Waals surface area contributed by atoms with Gasteiger partial charge >= 0.3 is 0 Å². The van der Waals surface area contributed by atoms with Crippen molar-refractivity contribution >= 4 is 23.4 Å². The molecule has 1 fully saturated rings. The molecule has 0 spiro atoms. The van der Waals surface area contributed by atoms with E-state index in [0.717, 1.165) is 35.5 Å². The number of hydrogen-bond acceptors (Lipinski definition) is 3. The van der Waals surface area contributed by atoms with E-state index in [9.17, 15) is 4.79 Å². The van der Waals surface area contributed by atoms with E-state index in [1.165, 1.54) is 0 Å². The third kappa shape index (κ3) is 1.68. The number of carbonyl (C=O) groups excluding carboxylic acids is 1. The van der Waals surface area contributed by atoms with Crippen LogP contribution in [0.15, 0.2) is 46.7 Å². The number of fused-ring (bicyclic) bond motifs is 1. The normalized spacial score (nSPS) is 24.6. The Bertz CT molecular complexity index is 666. The highest BCUT2D eigenvalue weighted by molar-refractivity contribution is 6.27. The monoisotopic (exact) mass is 251 g/mol. The van der Waals surface area contributed by atoms with E-state index < -0.39 is 0 Å². The number of hydrazone groups is 1. The maximum Gasteiger partial charge on any atom is 0.275 e. The Hall–Kier alpha value is -2.36. The van der Waals surface area contributed by atoms with E-state index in [1.54, 1.807) is 0 Å². The van der Waals surface area contributed by atoms with Gasteiger partial charge in [-0.25, -0.2) is 5.43 Å². The summed E-state index contributed by atoms with van der Waals surface area (Å²) in [5.74, 6) is 0.349. The van der Waals surface area contributed by atoms with Gasteiger partial charge in [-0.1, -0.05) is 24.3 Å². The lowest BCUT2D eigenvalue weighted by Crippen LogP contribution is -2.19. The summed E-state index contributed by atoms with van der Waals surface area (Å²) in [6.45, 7) is 0. The van der Waals surface area contributed by atoms with Crippen LogP contribution in [0.5, 0.6) is 0 Å². The maximum absolute atomic E-state index is 12.0. The first kappa shape index (κ1) is 10.6. The van der Waals surface area contributed by atoms with Crippen LogP contribution in [0.2, 0.25) is 0 Å². The van der Waals surface area contributed by atoms with Crippen LogP contribution in [0.3, 0.4) is 0 Å². The van der Waals surface area contributed by atoms with Gasteiger partial charge in [-0.2, -0.15) is 5.10 Å². The van der Waals surface area contributed by atoms with E-state index in [0.29, 0.717) is 11.5 Å². The minimum Gasteiger partial charge on any atom is -0.354 e. The zero-order valence-electron chi connectivity index (χ0n) is 10.3. The summed E-state index contributed by atoms with van der Waals surface area (Å²) in [4.78, 5) is 12.0. The lowest BCUT2D eigenvalue weighted by atomic mass is 10.0. The van der Waals surface area contributed by atoms with Gasteiger partial charge in [0.25, 0.3) is 5.91 Å². The molecule has 0 atom stereocenters. The van der Waals surface area contributed by atoms with Crippen LogP contribution in [-0.2, 0) is 4.79 Å². The van der Waals surface area contributed by atoms with Gasteiger partial charge in [-0.05, 0) is 30.5 Å². The van der Waals surface area contributed by atoms with Crippen LogP contribution in [0.25, 0.3) is 6.08 Å². The first-order valence-corrected chi connectivity index (χ1v) is 6.49. The highest BCUT2D eigenvalue weighted by Gasteiger charge is 2.37. The smallest absolute Gasteiger partial charge is 0.275 e. The molecule has 1 aromatic carbocycles. The summed E-state index contributed by atoms with van der Waals surface area (Å²) in [6, 6.07) is 8.05. The predicted octanol–water partition coefficient (Wildman–Crippen LogP) is 2.28. The van der Waals surface area contributed by atoms with Gasteiger partial charge in [-0.3, -0.25) is 4.79 Å². The SMILES string of the molecule is O=C1NN=C(C2CC2)/C1=C1\C=Cc2ccccc2N1. The fourth-order valence-electron chi connectivity index (χ4n) is 2.51. The second kappa shape index (κ2) is 3.82. The molecule has 1 saturated carbocycles. The molecule has 4 heteroatoms. The van der Waals surface area contributed by atoms with Crippen molar-refractivity contribution in [3.05, 3.63) is 47.2 Å². The van der Waals surface area contributed by atoms with Gasteiger partial charge < -0.3 is 5.32 Å². The first-order chi connectivity index (χ1) is 9.33. The summed E-state index contributed by atoms with van der Waals surface area (Å²) in [7, 11) is 0. The van der Waals surface area contributed by atoms with Crippen molar-refractivity contribution in [2.75, 3.05) is 5.32 Å². The molecule has 19 heavy (non-hydrogen) atoms. The van der Waals surface area contributed by atoms with Gasteiger partial charge in [0.05, 0.1) is 17.0 Å². The van der Waals surface area contributed by atoms with Crippen LogP contribution in [0.4, 0.5) is 5.69 Å². The topological polar surface area (TPSA) is 53.5 Å². The molecule has 1 aromatic rings. The Morgan fingerprint density at radius 1 is 1.16 bits per heavy atom. The Morgan fingerprint density at radius 2 is 2.00 bits per heavy atom. The number of carbonyl (C=O) groups is 1. The molecule has 0 radical (unpaired) electrons. The van der Waals surface area contributed by atoms with Crippen molar-refractivity contribution in [1.29, 1.82) is 0 Å². The number of rotatable bonds is 1. The molecule has 2 aliphatic heterocycles. The van der Waals surface area contributed by atoms with Crippen molar-refractivity contribution in [3.8, 4) is 0 Å². The predicted molar refractivity (Wildman–Crippen MR) is 74.4 cm³/mol. The molecule has 4 nitrogen and oxygen atoms in total. The molecule has 2 N–H and O–H groups in total. The van der Waals surface area contributed by atoms with Gasteiger partial charge in [0.1, 0.15) is 0 Å².